The van der Waals surface area contributed by atoms with E-state index in [9.17, 15) is 4.79 Å². The highest BCUT2D eigenvalue weighted by atomic mass is 16.9. The maximum Gasteiger partial charge on any atom is 0.281 e. The Labute approximate surface area is 179 Å². The van der Waals surface area contributed by atoms with Crippen molar-refractivity contribution < 1.29 is 9.47 Å². The fraction of sp³-hybridized carbons (Fsp3) is 0.476. The van der Waals surface area contributed by atoms with Crippen LogP contribution in [0.4, 0.5) is 11.9 Å². The van der Waals surface area contributed by atoms with Crippen molar-refractivity contribution in [3.8, 4) is 0 Å². The first-order valence-electron chi connectivity index (χ1n) is 10.7. The molecule has 0 radical (unpaired) electrons. The molecule has 0 atom stereocenters. The first-order chi connectivity index (χ1) is 15.2. The molecule has 2 aliphatic rings. The van der Waals surface area contributed by atoms with Crippen LogP contribution in [-0.2, 0) is 22.4 Å². The molecule has 2 saturated heterocycles. The molecule has 0 bridgehead atoms. The van der Waals surface area contributed by atoms with Crippen LogP contribution in [0.3, 0.4) is 0 Å². The van der Waals surface area contributed by atoms with Gasteiger partial charge >= 0.3 is 0 Å². The van der Waals surface area contributed by atoms with E-state index < -0.39 is 0 Å². The average Bonchev–Trinajstić information content (AvgIpc) is 3.21. The molecule has 164 valence electrons. The Morgan fingerprint density at radius 1 is 1.16 bits per heavy atom. The van der Waals surface area contributed by atoms with Crippen LogP contribution in [0.25, 0.3) is 11.2 Å². The molecule has 0 amide bonds. The van der Waals surface area contributed by atoms with Crippen molar-refractivity contribution in [2.45, 2.75) is 32.5 Å². The zero-order valence-corrected chi connectivity index (χ0v) is 17.5. The Hall–Kier alpha value is -2.95. The lowest BCUT2D eigenvalue weighted by Crippen LogP contribution is -2.44. The third-order valence-electron chi connectivity index (χ3n) is 5.60. The minimum Gasteiger partial charge on any atom is -0.350 e. The second-order valence-electron chi connectivity index (χ2n) is 7.77. The first-order valence-corrected chi connectivity index (χ1v) is 10.7. The quantitative estimate of drug-likeness (QED) is 0.512. The van der Waals surface area contributed by atoms with E-state index in [1.807, 2.05) is 25.1 Å². The van der Waals surface area contributed by atoms with Crippen LogP contribution in [0.5, 0.6) is 0 Å². The van der Waals surface area contributed by atoms with Gasteiger partial charge in [-0.2, -0.15) is 9.97 Å². The molecule has 3 N–H and O–H groups in total. The van der Waals surface area contributed by atoms with Gasteiger partial charge in [0.25, 0.3) is 5.56 Å². The van der Waals surface area contributed by atoms with Gasteiger partial charge in [0.15, 0.2) is 23.7 Å². The Bertz CT molecular complexity index is 1090. The zero-order valence-electron chi connectivity index (χ0n) is 17.5. The molecule has 2 aromatic heterocycles. The van der Waals surface area contributed by atoms with Gasteiger partial charge in [-0.3, -0.25) is 9.36 Å². The largest absolute Gasteiger partial charge is 0.350 e. The molecule has 0 aliphatic carbocycles. The van der Waals surface area contributed by atoms with Gasteiger partial charge in [-0.15, -0.1) is 0 Å². The van der Waals surface area contributed by atoms with Crippen molar-refractivity contribution in [3.05, 3.63) is 46.2 Å². The number of imidazole rings is 1. The van der Waals surface area contributed by atoms with Gasteiger partial charge < -0.3 is 30.0 Å². The number of fused-ring (bicyclic) bond motifs is 1. The molecule has 5 rings (SSSR count). The fourth-order valence-corrected chi connectivity index (χ4v) is 3.94. The number of benzene rings is 1. The topological polar surface area (TPSA) is 109 Å². The van der Waals surface area contributed by atoms with E-state index in [1.165, 1.54) is 0 Å². The minimum atomic E-state index is -0.347. The number of ether oxygens (including phenoxy) is 2. The van der Waals surface area contributed by atoms with Crippen molar-refractivity contribution in [1.29, 1.82) is 0 Å². The molecule has 10 nitrogen and oxygen atoms in total. The molecule has 0 saturated carbocycles. The van der Waals surface area contributed by atoms with E-state index in [4.69, 9.17) is 9.47 Å². The van der Waals surface area contributed by atoms with Gasteiger partial charge in [0, 0.05) is 32.7 Å². The number of H-pyrrole nitrogens is 1. The number of nitrogens with one attached hydrogen (secondary N) is 3. The van der Waals surface area contributed by atoms with Crippen molar-refractivity contribution in [1.82, 2.24) is 24.8 Å². The van der Waals surface area contributed by atoms with Crippen LogP contribution in [0, 0.1) is 0 Å². The van der Waals surface area contributed by atoms with E-state index >= 15 is 0 Å². The molecule has 2 fully saturated rings. The van der Waals surface area contributed by atoms with E-state index in [0.717, 1.165) is 38.2 Å². The summed E-state index contributed by atoms with van der Waals surface area (Å²) in [6, 6.07) is 10.1. The number of aromatic amines is 1. The number of anilines is 2. The fourth-order valence-electron chi connectivity index (χ4n) is 3.94. The molecule has 4 heterocycles. The molecule has 31 heavy (non-hydrogen) atoms. The standard InChI is InChI=1S/C21H27N7O3/c1-14-30-16(31-14)13-23-20-25-18-17(24-21(26-18)27-11-8-22-9-12-27)19(29)28(20)10-7-15-5-3-2-4-6-15/h2-6,14,16,22H,7-13H2,1H3,(H,23,25)(H,24,26). The summed E-state index contributed by atoms with van der Waals surface area (Å²) in [5.41, 5.74) is 1.87. The molecule has 0 spiro atoms. The van der Waals surface area contributed by atoms with Gasteiger partial charge in [0.05, 0.1) is 6.54 Å². The summed E-state index contributed by atoms with van der Waals surface area (Å²) in [6.07, 6.45) is 0.172. The molecule has 3 aromatic rings. The van der Waals surface area contributed by atoms with Crippen LogP contribution in [0.2, 0.25) is 0 Å². The number of nitrogens with zero attached hydrogens (tertiary/aromatic N) is 4. The van der Waals surface area contributed by atoms with Crippen LogP contribution in [-0.4, -0.2) is 64.8 Å². The SMILES string of the molecule is CC1OC(CNc2nc3nc(N4CCNCC4)[nH]c3c(=O)n2CCc2ccccc2)O1. The number of hydrogen-bond acceptors (Lipinski definition) is 8. The summed E-state index contributed by atoms with van der Waals surface area (Å²) in [5.74, 6) is 1.16. The predicted octanol–water partition coefficient (Wildman–Crippen LogP) is 0.903. The summed E-state index contributed by atoms with van der Waals surface area (Å²) < 4.78 is 12.7. The Morgan fingerprint density at radius 2 is 1.94 bits per heavy atom. The van der Waals surface area contributed by atoms with E-state index in [1.54, 1.807) is 4.57 Å². The van der Waals surface area contributed by atoms with Crippen molar-refractivity contribution in [3.63, 3.8) is 0 Å². The molecular weight excluding hydrogens is 398 g/mol. The lowest BCUT2D eigenvalue weighted by molar-refractivity contribution is -0.369. The lowest BCUT2D eigenvalue weighted by Gasteiger charge is -2.33. The summed E-state index contributed by atoms with van der Waals surface area (Å²) in [4.78, 5) is 28.0. The lowest BCUT2D eigenvalue weighted by atomic mass is 10.1. The molecule has 0 unspecified atom stereocenters. The summed E-state index contributed by atoms with van der Waals surface area (Å²) in [6.45, 7) is 6.19. The summed E-state index contributed by atoms with van der Waals surface area (Å²) in [7, 11) is 0. The molecule has 1 aromatic carbocycles. The summed E-state index contributed by atoms with van der Waals surface area (Å²) in [5, 5.41) is 6.54. The van der Waals surface area contributed by atoms with Crippen molar-refractivity contribution in [2.24, 2.45) is 0 Å². The average molecular weight is 425 g/mol. The highest BCUT2D eigenvalue weighted by Gasteiger charge is 2.27. The first kappa shape index (κ1) is 20.0. The highest BCUT2D eigenvalue weighted by molar-refractivity contribution is 5.74. The maximum absolute atomic E-state index is 13.4. The Kier molecular flexibility index (Phi) is 5.58. The van der Waals surface area contributed by atoms with Gasteiger partial charge in [-0.1, -0.05) is 30.3 Å². The van der Waals surface area contributed by atoms with Crippen LogP contribution < -0.4 is 21.1 Å². The number of aromatic nitrogens is 4. The van der Waals surface area contributed by atoms with Crippen LogP contribution in [0.1, 0.15) is 12.5 Å². The van der Waals surface area contributed by atoms with E-state index in [0.29, 0.717) is 36.2 Å². The number of rotatable bonds is 7. The summed E-state index contributed by atoms with van der Waals surface area (Å²) >= 11 is 0. The normalized spacial score (nSPS) is 21.3. The Balaban J connectivity index is 1.45. The molecule has 10 heteroatoms. The Morgan fingerprint density at radius 3 is 2.68 bits per heavy atom. The van der Waals surface area contributed by atoms with Gasteiger partial charge in [0.1, 0.15) is 0 Å². The van der Waals surface area contributed by atoms with Crippen molar-refractivity contribution in [2.75, 3.05) is 42.9 Å². The minimum absolute atomic E-state index is 0.138. The maximum atomic E-state index is 13.4. The molecular formula is C21H27N7O3. The van der Waals surface area contributed by atoms with Gasteiger partial charge in [0.2, 0.25) is 11.9 Å². The van der Waals surface area contributed by atoms with Crippen molar-refractivity contribution >= 4 is 23.1 Å². The second kappa shape index (κ2) is 8.66. The highest BCUT2D eigenvalue weighted by Crippen LogP contribution is 2.19. The van der Waals surface area contributed by atoms with E-state index in [-0.39, 0.29) is 18.1 Å². The smallest absolute Gasteiger partial charge is 0.281 e. The second-order valence-corrected chi connectivity index (χ2v) is 7.77. The van der Waals surface area contributed by atoms with Gasteiger partial charge in [-0.25, -0.2) is 0 Å². The molecule has 2 aliphatic heterocycles. The number of hydrogen-bond donors (Lipinski definition) is 3. The van der Waals surface area contributed by atoms with Crippen LogP contribution >= 0.6 is 0 Å². The number of aryl methyl sites for hydroxylation is 1. The van der Waals surface area contributed by atoms with E-state index in [2.05, 4.69) is 42.6 Å². The zero-order chi connectivity index (χ0) is 21.2. The third-order valence-corrected chi connectivity index (χ3v) is 5.60. The monoisotopic (exact) mass is 425 g/mol. The third kappa shape index (κ3) is 4.27. The predicted molar refractivity (Wildman–Crippen MR) is 117 cm³/mol. The van der Waals surface area contributed by atoms with Gasteiger partial charge in [-0.05, 0) is 18.9 Å². The van der Waals surface area contributed by atoms with Crippen LogP contribution in [0.15, 0.2) is 35.1 Å². The number of piperazine rings is 1.